The molecule has 0 bridgehead atoms. The molecule has 0 unspecified atom stereocenters. The van der Waals surface area contributed by atoms with Crippen LogP contribution in [0, 0.1) is 11.8 Å². The second kappa shape index (κ2) is 32.8. The second-order valence-electron chi connectivity index (χ2n) is 15.9. The van der Waals surface area contributed by atoms with Gasteiger partial charge in [-0.05, 0) is 80.3 Å². The summed E-state index contributed by atoms with van der Waals surface area (Å²) in [5, 5.41) is 4.35. The van der Waals surface area contributed by atoms with Crippen LogP contribution >= 0.6 is 0 Å². The standard InChI is InChI=1S/C50H76N2.2CH3.Pd/c1-5-9-13-15-16-17-18-19-20-21-22-23-24-25-26-27-30-37-47-48(36-28-11-7-3)50(46-35-31-34-44(42-46)33-29-14-10-6-2)52(51)49(47)45-40-38-43(39-41-45)32-12-8-4;;;/h31,34-35,38-42H,5-29,32-33,36H2,1-4H3;2*1H3;. The molecule has 2 aromatic carbocycles. The minimum atomic E-state index is 0.862. The van der Waals surface area contributed by atoms with Crippen LogP contribution in [0.25, 0.3) is 16.9 Å². The van der Waals surface area contributed by atoms with Crippen LogP contribution in [0.3, 0.4) is 0 Å². The van der Waals surface area contributed by atoms with E-state index >= 15 is 0 Å². The zero-order valence-corrected chi connectivity index (χ0v) is 38.2. The van der Waals surface area contributed by atoms with E-state index in [1.54, 1.807) is 0 Å². The number of benzene rings is 2. The quantitative estimate of drug-likeness (QED) is 0.0337. The molecule has 310 valence electrons. The summed E-state index contributed by atoms with van der Waals surface area (Å²) >= 11 is 0.950. The fraction of sp³-hybridized carbons (Fsp3) is 0.654. The Kier molecular flexibility index (Phi) is 29.1. The first kappa shape index (κ1) is 48.9. The van der Waals surface area contributed by atoms with E-state index in [9.17, 15) is 5.53 Å². The van der Waals surface area contributed by atoms with Crippen molar-refractivity contribution in [2.24, 2.45) is 0 Å². The van der Waals surface area contributed by atoms with Gasteiger partial charge >= 0.3 is 28.8 Å². The average Bonchev–Trinajstić information content (AvgIpc) is 3.47. The fourth-order valence-electron chi connectivity index (χ4n) is 7.68. The second-order valence-corrected chi connectivity index (χ2v) is 17.5. The Morgan fingerprint density at radius 1 is 0.491 bits per heavy atom. The molecule has 0 amide bonds. The summed E-state index contributed by atoms with van der Waals surface area (Å²) in [6, 6.07) is 17.8. The monoisotopic (exact) mass is 841 g/mol. The van der Waals surface area contributed by atoms with Gasteiger partial charge in [0.25, 0.3) is 0 Å². The third kappa shape index (κ3) is 20.1. The van der Waals surface area contributed by atoms with Gasteiger partial charge in [0, 0.05) is 23.1 Å². The summed E-state index contributed by atoms with van der Waals surface area (Å²) < 4.78 is 1.50. The molecule has 0 fully saturated rings. The van der Waals surface area contributed by atoms with Crippen LogP contribution in [0.1, 0.15) is 217 Å². The Morgan fingerprint density at radius 3 is 1.53 bits per heavy atom. The SMILES string of the molecule is CCCCCCCCCCCCCCCCCC#CC1=C(c2ccc(CCCC)cc2)[N+](=[N-])C(c2cccc(CCCCCC)c2)=C1CCCCC.[CH3][Pd][CH3]. The Morgan fingerprint density at radius 2 is 0.964 bits per heavy atom. The van der Waals surface area contributed by atoms with E-state index in [0.29, 0.717) is 0 Å². The van der Waals surface area contributed by atoms with Gasteiger partial charge in [0.1, 0.15) is 5.57 Å². The van der Waals surface area contributed by atoms with Gasteiger partial charge in [0.15, 0.2) is 0 Å². The Labute approximate surface area is 349 Å². The average molecular weight is 842 g/mol. The van der Waals surface area contributed by atoms with Gasteiger partial charge in [-0.2, -0.15) is 0 Å². The van der Waals surface area contributed by atoms with Crippen LogP contribution in [0.15, 0.2) is 59.7 Å². The van der Waals surface area contributed by atoms with Gasteiger partial charge in [0.2, 0.25) is 11.4 Å². The molecule has 0 saturated heterocycles. The Hall–Kier alpha value is -2.26. The number of rotatable bonds is 29. The molecule has 2 aromatic rings. The number of nitrogens with zero attached hydrogens (tertiary/aromatic N) is 2. The van der Waals surface area contributed by atoms with E-state index in [2.05, 4.69) is 98.9 Å². The van der Waals surface area contributed by atoms with Crippen molar-refractivity contribution in [3.63, 3.8) is 0 Å². The summed E-state index contributed by atoms with van der Waals surface area (Å²) in [6.45, 7) is 9.09. The van der Waals surface area contributed by atoms with Crippen LogP contribution < -0.4 is 0 Å². The molecule has 0 N–H and O–H groups in total. The van der Waals surface area contributed by atoms with Crippen LogP contribution in [-0.4, -0.2) is 4.70 Å². The first-order chi connectivity index (χ1) is 27.1. The molecular weight excluding hydrogens is 759 g/mol. The first-order valence-corrected chi connectivity index (χ1v) is 26.0. The zero-order chi connectivity index (χ0) is 39.8. The summed E-state index contributed by atoms with van der Waals surface area (Å²) in [5.74, 6) is 7.27. The molecule has 1 heterocycles. The van der Waals surface area contributed by atoms with Crippen molar-refractivity contribution in [2.75, 3.05) is 0 Å². The predicted molar refractivity (Wildman–Crippen MR) is 240 cm³/mol. The zero-order valence-electron chi connectivity index (χ0n) is 36.6. The van der Waals surface area contributed by atoms with E-state index in [1.807, 2.05) is 0 Å². The fourth-order valence-corrected chi connectivity index (χ4v) is 7.68. The van der Waals surface area contributed by atoms with E-state index in [1.165, 1.54) is 163 Å². The molecule has 3 rings (SSSR count). The third-order valence-electron chi connectivity index (χ3n) is 11.0. The molecule has 1 aliphatic heterocycles. The molecule has 0 aliphatic carbocycles. The van der Waals surface area contributed by atoms with Gasteiger partial charge in [-0.1, -0.05) is 192 Å². The maximum atomic E-state index is 12.1. The van der Waals surface area contributed by atoms with Crippen molar-refractivity contribution in [3.05, 3.63) is 87.5 Å². The first-order valence-electron chi connectivity index (χ1n) is 22.9. The molecule has 55 heavy (non-hydrogen) atoms. The molecule has 0 aromatic heterocycles. The number of allylic oxidation sites excluding steroid dienone is 2. The van der Waals surface area contributed by atoms with Crippen LogP contribution in [-0.2, 0) is 30.8 Å². The molecule has 0 saturated carbocycles. The topological polar surface area (TPSA) is 25.3 Å². The summed E-state index contributed by atoms with van der Waals surface area (Å²) in [6.07, 6.45) is 35.6. The third-order valence-corrected chi connectivity index (χ3v) is 11.0. The van der Waals surface area contributed by atoms with Crippen LogP contribution in [0.5, 0.6) is 0 Å². The van der Waals surface area contributed by atoms with E-state index in [-0.39, 0.29) is 0 Å². The van der Waals surface area contributed by atoms with Crippen molar-refractivity contribution in [2.45, 2.75) is 218 Å². The molecule has 0 atom stereocenters. The van der Waals surface area contributed by atoms with Gasteiger partial charge in [-0.25, -0.2) is 4.70 Å². The van der Waals surface area contributed by atoms with Crippen molar-refractivity contribution in [1.29, 1.82) is 0 Å². The molecule has 2 nitrogen and oxygen atoms in total. The predicted octanol–water partition coefficient (Wildman–Crippen LogP) is 17.3. The van der Waals surface area contributed by atoms with Crippen molar-refractivity contribution < 1.29 is 22.7 Å². The number of aryl methyl sites for hydroxylation is 2. The molecule has 0 spiro atoms. The van der Waals surface area contributed by atoms with E-state index in [4.69, 9.17) is 0 Å². The molecule has 3 heteroatoms. The van der Waals surface area contributed by atoms with Gasteiger partial charge in [0.05, 0.1) is 0 Å². The minimum absolute atomic E-state index is 0.862. The molecule has 1 aliphatic rings. The van der Waals surface area contributed by atoms with Gasteiger partial charge in [-0.3, -0.25) is 0 Å². The van der Waals surface area contributed by atoms with Crippen LogP contribution in [0.4, 0.5) is 0 Å². The summed E-state index contributed by atoms with van der Waals surface area (Å²) in [7, 11) is 0. The maximum absolute atomic E-state index is 12.1. The van der Waals surface area contributed by atoms with Crippen LogP contribution in [0.2, 0.25) is 10.8 Å². The molecular formula is C52H82N2Pd. The van der Waals surface area contributed by atoms with Gasteiger partial charge < -0.3 is 5.53 Å². The number of hydrogen-bond donors (Lipinski definition) is 0. The van der Waals surface area contributed by atoms with E-state index in [0.717, 1.165) is 84.6 Å². The summed E-state index contributed by atoms with van der Waals surface area (Å²) in [4.78, 5) is 0. The Bertz CT molecular complexity index is 1420. The van der Waals surface area contributed by atoms with E-state index < -0.39 is 0 Å². The molecule has 0 radical (unpaired) electrons. The normalized spacial score (nSPS) is 12.7. The number of unbranched alkanes of at least 4 members (excludes halogenated alkanes) is 21. The van der Waals surface area contributed by atoms with Crippen molar-refractivity contribution in [3.8, 4) is 11.8 Å². The summed E-state index contributed by atoms with van der Waals surface area (Å²) in [5.41, 5.74) is 21.0. The Balaban J connectivity index is 0.00000337. The van der Waals surface area contributed by atoms with Crippen molar-refractivity contribution >= 4 is 11.4 Å². The number of hydrogen-bond acceptors (Lipinski definition) is 0. The van der Waals surface area contributed by atoms with Crippen molar-refractivity contribution in [1.82, 2.24) is 0 Å². The van der Waals surface area contributed by atoms with Gasteiger partial charge in [-0.15, -0.1) is 0 Å².